The summed E-state index contributed by atoms with van der Waals surface area (Å²) in [6, 6.07) is 0. The first kappa shape index (κ1) is 47.8. The van der Waals surface area contributed by atoms with E-state index in [2.05, 4.69) is 0 Å². The summed E-state index contributed by atoms with van der Waals surface area (Å²) < 4.78 is 0. The van der Waals surface area contributed by atoms with Crippen molar-refractivity contribution in [3.8, 4) is 0 Å². The van der Waals surface area contributed by atoms with Gasteiger partial charge in [-0.3, -0.25) is 0 Å². The molecule has 0 saturated carbocycles. The number of hydrogen-bond acceptors (Lipinski definition) is 0. The maximum Gasteiger partial charge on any atom is 0 e. The maximum absolute atomic E-state index is 0. The SMILES string of the molecule is [Co].[Cr].[Fe].[Ni].[Rh]. The van der Waals surface area contributed by atoms with Gasteiger partial charge in [0, 0.05) is 87.2 Å². The third kappa shape index (κ3) is 20.4. The summed E-state index contributed by atoms with van der Waals surface area (Å²) in [4.78, 5) is 0. The fourth-order valence-electron chi connectivity index (χ4n) is 0. The smallest absolute Gasteiger partial charge is 0 e. The summed E-state index contributed by atoms with van der Waals surface area (Å²) in [5, 5.41) is 0. The van der Waals surface area contributed by atoms with E-state index in [-0.39, 0.29) is 87.2 Å². The summed E-state index contributed by atoms with van der Waals surface area (Å²) in [7, 11) is 0. The van der Waals surface area contributed by atoms with Gasteiger partial charge in [0.25, 0.3) is 0 Å². The molecular weight excluding hydrogens is 328 g/mol. The molecular formula is CoCrFeNiRh. The second-order valence-corrected chi connectivity index (χ2v) is 0. The van der Waals surface area contributed by atoms with Crippen LogP contribution in [0.1, 0.15) is 0 Å². The van der Waals surface area contributed by atoms with Crippen LogP contribution in [0.3, 0.4) is 0 Å². The van der Waals surface area contributed by atoms with Crippen LogP contribution >= 0.6 is 0 Å². The molecule has 0 aliphatic rings. The van der Waals surface area contributed by atoms with Crippen molar-refractivity contribution in [2.45, 2.75) is 0 Å². The minimum Gasteiger partial charge on any atom is 0 e. The van der Waals surface area contributed by atoms with Gasteiger partial charge in [0.15, 0.2) is 0 Å². The predicted octanol–water partition coefficient (Wildman–Crippen LogP) is -0.0125. The molecule has 0 heterocycles. The molecule has 0 N–H and O–H groups in total. The Hall–Kier alpha value is 2.68. The van der Waals surface area contributed by atoms with Gasteiger partial charge in [-0.15, -0.1) is 0 Å². The van der Waals surface area contributed by atoms with E-state index in [1.807, 2.05) is 0 Å². The summed E-state index contributed by atoms with van der Waals surface area (Å²) >= 11 is 0. The quantitative estimate of drug-likeness (QED) is 0.549. The zero-order chi connectivity index (χ0) is 0. The molecule has 0 spiro atoms. The average molecular weight is 328 g/mol. The third-order valence-electron chi connectivity index (χ3n) is 0. The Labute approximate surface area is 86.1 Å². The van der Waals surface area contributed by atoms with Crippen molar-refractivity contribution in [3.05, 3.63) is 0 Å². The molecule has 5 heavy (non-hydrogen) atoms. The van der Waals surface area contributed by atoms with Crippen molar-refractivity contribution in [1.82, 2.24) is 0 Å². The molecule has 2 radical (unpaired) electrons. The fraction of sp³-hybridized carbons (Fsp3) is 0. The molecule has 0 saturated heterocycles. The van der Waals surface area contributed by atoms with Gasteiger partial charge >= 0.3 is 0 Å². The van der Waals surface area contributed by atoms with E-state index < -0.39 is 0 Å². The molecule has 0 amide bonds. The van der Waals surface area contributed by atoms with Gasteiger partial charge in [-0.2, -0.15) is 0 Å². The second kappa shape index (κ2) is 30.0. The first-order chi connectivity index (χ1) is 0. The van der Waals surface area contributed by atoms with E-state index in [0.717, 1.165) is 0 Å². The van der Waals surface area contributed by atoms with Crippen LogP contribution < -0.4 is 0 Å². The molecule has 0 atom stereocenters. The number of hydrogen-bond donors (Lipinski definition) is 0. The molecule has 0 aromatic heterocycles. The van der Waals surface area contributed by atoms with E-state index in [9.17, 15) is 0 Å². The second-order valence-electron chi connectivity index (χ2n) is 0. The summed E-state index contributed by atoms with van der Waals surface area (Å²) in [5.41, 5.74) is 0. The van der Waals surface area contributed by atoms with Gasteiger partial charge in [0.05, 0.1) is 0 Å². The summed E-state index contributed by atoms with van der Waals surface area (Å²) in [6.07, 6.45) is 0. The summed E-state index contributed by atoms with van der Waals surface area (Å²) in [6.45, 7) is 0. The van der Waals surface area contributed by atoms with Crippen LogP contribution in [0.25, 0.3) is 0 Å². The first-order valence-electron chi connectivity index (χ1n) is 0. The van der Waals surface area contributed by atoms with Crippen molar-refractivity contribution in [3.63, 3.8) is 0 Å². The topological polar surface area (TPSA) is 0 Å². The molecule has 42 valence electrons. The van der Waals surface area contributed by atoms with Gasteiger partial charge in [-0.1, -0.05) is 0 Å². The average Bonchev–Trinajstić information content (AvgIpc) is 0. The van der Waals surface area contributed by atoms with Crippen LogP contribution in [0.5, 0.6) is 0 Å². The van der Waals surface area contributed by atoms with E-state index in [0.29, 0.717) is 0 Å². The number of rotatable bonds is 0. The van der Waals surface area contributed by atoms with Crippen LogP contribution in [0.4, 0.5) is 0 Å². The first-order valence-corrected chi connectivity index (χ1v) is 0. The zero-order valence-corrected chi connectivity index (χ0v) is 7.79. The Bertz CT molecular complexity index is 11.6. The molecule has 0 aliphatic heterocycles. The zero-order valence-electron chi connectivity index (χ0n) is 1.74. The molecule has 0 nitrogen and oxygen atoms in total. The Morgan fingerprint density at radius 1 is 1.00 bits per heavy atom. The van der Waals surface area contributed by atoms with Crippen molar-refractivity contribution in [2.75, 3.05) is 0 Å². The standard InChI is InChI=1S/Co.Cr.Fe.Ni.Rh. The van der Waals surface area contributed by atoms with Gasteiger partial charge in [0.2, 0.25) is 0 Å². The molecule has 5 heteroatoms. The molecule has 0 bridgehead atoms. The van der Waals surface area contributed by atoms with Crippen LogP contribution in [0, 0.1) is 0 Å². The van der Waals surface area contributed by atoms with Crippen LogP contribution in [-0.4, -0.2) is 0 Å². The predicted molar refractivity (Wildman–Crippen MR) is 0 cm³/mol. The fourth-order valence-corrected chi connectivity index (χ4v) is 0. The van der Waals surface area contributed by atoms with E-state index in [1.54, 1.807) is 0 Å². The van der Waals surface area contributed by atoms with Crippen LogP contribution in [-0.2, 0) is 87.2 Å². The van der Waals surface area contributed by atoms with Gasteiger partial charge in [0.1, 0.15) is 0 Å². The largest absolute Gasteiger partial charge is 0 e. The molecule has 0 aromatic rings. The molecule has 0 aliphatic carbocycles. The molecule has 0 fully saturated rings. The van der Waals surface area contributed by atoms with E-state index in [1.165, 1.54) is 0 Å². The molecule has 0 unspecified atom stereocenters. The summed E-state index contributed by atoms with van der Waals surface area (Å²) in [5.74, 6) is 0. The van der Waals surface area contributed by atoms with Crippen molar-refractivity contribution >= 4 is 0 Å². The Balaban J connectivity index is 0. The van der Waals surface area contributed by atoms with Crippen LogP contribution in [0.2, 0.25) is 0 Å². The maximum atomic E-state index is 0. The normalized spacial score (nSPS) is 0. The van der Waals surface area contributed by atoms with Crippen LogP contribution in [0.15, 0.2) is 0 Å². The van der Waals surface area contributed by atoms with E-state index in [4.69, 9.17) is 0 Å². The monoisotopic (exact) mass is 328 g/mol. The third-order valence-corrected chi connectivity index (χ3v) is 0. The van der Waals surface area contributed by atoms with Crippen molar-refractivity contribution < 1.29 is 87.2 Å². The van der Waals surface area contributed by atoms with Crippen molar-refractivity contribution in [2.24, 2.45) is 0 Å². The van der Waals surface area contributed by atoms with Gasteiger partial charge in [-0.05, 0) is 0 Å². The Kier molecular flexibility index (Phi) is 287. The molecule has 0 rings (SSSR count). The Morgan fingerprint density at radius 3 is 1.00 bits per heavy atom. The van der Waals surface area contributed by atoms with E-state index >= 15 is 0 Å². The van der Waals surface area contributed by atoms with Gasteiger partial charge < -0.3 is 0 Å². The minimum atomic E-state index is 0. The van der Waals surface area contributed by atoms with Gasteiger partial charge in [-0.25, -0.2) is 0 Å². The molecule has 0 aromatic carbocycles. The minimum absolute atomic E-state index is 0. The Morgan fingerprint density at radius 2 is 1.00 bits per heavy atom. The van der Waals surface area contributed by atoms with Crippen molar-refractivity contribution in [1.29, 1.82) is 0 Å².